The maximum absolute atomic E-state index is 12.0. The number of aromatic nitrogens is 3. The van der Waals surface area contributed by atoms with Crippen molar-refractivity contribution in [2.45, 2.75) is 52.2 Å². The summed E-state index contributed by atoms with van der Waals surface area (Å²) in [5, 5.41) is 12.9. The molecule has 128 valence electrons. The number of amides is 2. The third-order valence-electron chi connectivity index (χ3n) is 3.67. The van der Waals surface area contributed by atoms with E-state index < -0.39 is 5.60 Å². The van der Waals surface area contributed by atoms with Gasteiger partial charge in [-0.2, -0.15) is 15.4 Å². The van der Waals surface area contributed by atoms with E-state index in [-0.39, 0.29) is 12.0 Å². The summed E-state index contributed by atoms with van der Waals surface area (Å²) in [5.41, 5.74) is 0.229. The van der Waals surface area contributed by atoms with Gasteiger partial charge in [0.25, 0.3) is 0 Å². The number of H-pyrrole nitrogens is 1. The first-order chi connectivity index (χ1) is 10.8. The number of nitrogens with one attached hydrogen (secondary N) is 2. The molecule has 2 N–H and O–H groups in total. The highest BCUT2D eigenvalue weighted by molar-refractivity contribution is 5.76. The van der Waals surface area contributed by atoms with E-state index in [1.165, 1.54) is 0 Å². The first kappa shape index (κ1) is 17.2. The lowest BCUT2D eigenvalue weighted by Crippen LogP contribution is -2.42. The summed E-state index contributed by atoms with van der Waals surface area (Å²) < 4.78 is 5.37. The molecule has 1 aromatic rings. The van der Waals surface area contributed by atoms with Gasteiger partial charge in [0.2, 0.25) is 5.91 Å². The molecule has 8 nitrogen and oxygen atoms in total. The van der Waals surface area contributed by atoms with Crippen LogP contribution in [0, 0.1) is 5.92 Å². The number of carbonyl (C=O) groups excluding carboxylic acids is 2. The second kappa shape index (κ2) is 7.43. The molecule has 0 aliphatic carbocycles. The smallest absolute Gasteiger partial charge is 0.410 e. The number of rotatable bonds is 4. The molecule has 0 bridgehead atoms. The second-order valence-electron chi connectivity index (χ2n) is 6.85. The van der Waals surface area contributed by atoms with Crippen LogP contribution in [-0.4, -0.2) is 51.0 Å². The third-order valence-corrected chi connectivity index (χ3v) is 3.67. The van der Waals surface area contributed by atoms with E-state index in [1.807, 2.05) is 20.8 Å². The van der Waals surface area contributed by atoms with Crippen LogP contribution in [0.5, 0.6) is 0 Å². The van der Waals surface area contributed by atoms with E-state index >= 15 is 0 Å². The largest absolute Gasteiger partial charge is 0.444 e. The number of hydrogen-bond acceptors (Lipinski definition) is 5. The summed E-state index contributed by atoms with van der Waals surface area (Å²) in [5.74, 6) is 0.301. The van der Waals surface area contributed by atoms with Gasteiger partial charge in [0.1, 0.15) is 11.3 Å². The van der Waals surface area contributed by atoms with E-state index in [0.29, 0.717) is 37.7 Å². The number of piperidine rings is 1. The van der Waals surface area contributed by atoms with Crippen molar-refractivity contribution in [3.8, 4) is 0 Å². The molecule has 8 heteroatoms. The Morgan fingerprint density at radius 2 is 2.09 bits per heavy atom. The Bertz CT molecular complexity index is 516. The zero-order chi connectivity index (χ0) is 16.9. The standard InChI is InChI=1S/C15H25N5O3/c1-15(2,3)23-14(22)20-6-4-11(5-7-20)8-13(21)16-9-12-10-17-19-18-12/h10-11H,4-9H2,1-3H3,(H,16,21)(H,17,18,19). The van der Waals surface area contributed by atoms with Gasteiger partial charge in [0, 0.05) is 19.5 Å². The fourth-order valence-corrected chi connectivity index (χ4v) is 2.48. The Labute approximate surface area is 136 Å². The molecule has 1 aliphatic heterocycles. The molecule has 1 aliphatic rings. The van der Waals surface area contributed by atoms with Crippen LogP contribution in [0.25, 0.3) is 0 Å². The number of nitrogens with zero attached hydrogens (tertiary/aromatic N) is 3. The molecule has 0 aromatic carbocycles. The minimum Gasteiger partial charge on any atom is -0.444 e. The molecule has 23 heavy (non-hydrogen) atoms. The molecule has 0 atom stereocenters. The van der Waals surface area contributed by atoms with Crippen LogP contribution in [0.3, 0.4) is 0 Å². The van der Waals surface area contributed by atoms with Crippen molar-refractivity contribution in [3.63, 3.8) is 0 Å². The monoisotopic (exact) mass is 323 g/mol. The molecule has 1 saturated heterocycles. The van der Waals surface area contributed by atoms with Crippen LogP contribution in [0.15, 0.2) is 6.20 Å². The summed E-state index contributed by atoms with van der Waals surface area (Å²) in [4.78, 5) is 25.6. The zero-order valence-corrected chi connectivity index (χ0v) is 14.0. The quantitative estimate of drug-likeness (QED) is 0.873. The fourth-order valence-electron chi connectivity index (χ4n) is 2.48. The van der Waals surface area contributed by atoms with Gasteiger partial charge in [0.15, 0.2) is 0 Å². The maximum atomic E-state index is 12.0. The van der Waals surface area contributed by atoms with E-state index in [2.05, 4.69) is 20.7 Å². The number of carbonyl (C=O) groups is 2. The first-order valence-electron chi connectivity index (χ1n) is 7.93. The number of aromatic amines is 1. The summed E-state index contributed by atoms with van der Waals surface area (Å²) >= 11 is 0. The molecule has 2 heterocycles. The molecule has 1 fully saturated rings. The minimum absolute atomic E-state index is 0.00344. The van der Waals surface area contributed by atoms with Crippen molar-refractivity contribution in [2.75, 3.05) is 13.1 Å². The molecule has 0 saturated carbocycles. The molecule has 1 aromatic heterocycles. The SMILES string of the molecule is CC(C)(C)OC(=O)N1CCC(CC(=O)NCc2cn[nH]n2)CC1. The molecule has 0 radical (unpaired) electrons. The lowest BCUT2D eigenvalue weighted by atomic mass is 9.93. The third kappa shape index (κ3) is 5.88. The number of ether oxygens (including phenoxy) is 1. The van der Waals surface area contributed by atoms with Gasteiger partial charge < -0.3 is 15.0 Å². The predicted molar refractivity (Wildman–Crippen MR) is 83.4 cm³/mol. The topological polar surface area (TPSA) is 100 Å². The second-order valence-corrected chi connectivity index (χ2v) is 6.85. The van der Waals surface area contributed by atoms with Gasteiger partial charge in [-0.15, -0.1) is 0 Å². The van der Waals surface area contributed by atoms with Crippen molar-refractivity contribution in [1.82, 2.24) is 25.6 Å². The first-order valence-corrected chi connectivity index (χ1v) is 7.93. The van der Waals surface area contributed by atoms with Crippen LogP contribution >= 0.6 is 0 Å². The van der Waals surface area contributed by atoms with Crippen molar-refractivity contribution < 1.29 is 14.3 Å². The molecule has 0 spiro atoms. The van der Waals surface area contributed by atoms with Crippen molar-refractivity contribution in [3.05, 3.63) is 11.9 Å². The highest BCUT2D eigenvalue weighted by atomic mass is 16.6. The minimum atomic E-state index is -0.477. The van der Waals surface area contributed by atoms with Gasteiger partial charge in [-0.1, -0.05) is 0 Å². The summed E-state index contributed by atoms with van der Waals surface area (Å²) in [6.07, 6.45) is 3.42. The molecular weight excluding hydrogens is 298 g/mol. The maximum Gasteiger partial charge on any atom is 0.410 e. The average molecular weight is 323 g/mol. The van der Waals surface area contributed by atoms with Gasteiger partial charge in [-0.25, -0.2) is 4.79 Å². The summed E-state index contributed by atoms with van der Waals surface area (Å²) in [7, 11) is 0. The summed E-state index contributed by atoms with van der Waals surface area (Å²) in [6, 6.07) is 0. The van der Waals surface area contributed by atoms with Crippen LogP contribution < -0.4 is 5.32 Å². The Morgan fingerprint density at radius 3 is 2.65 bits per heavy atom. The molecular formula is C15H25N5O3. The fraction of sp³-hybridized carbons (Fsp3) is 0.733. The predicted octanol–water partition coefficient (Wildman–Crippen LogP) is 1.46. The van der Waals surface area contributed by atoms with Crippen LogP contribution in [-0.2, 0) is 16.1 Å². The van der Waals surface area contributed by atoms with Crippen LogP contribution in [0.4, 0.5) is 4.79 Å². The van der Waals surface area contributed by atoms with Crippen molar-refractivity contribution in [2.24, 2.45) is 5.92 Å². The van der Waals surface area contributed by atoms with Crippen LogP contribution in [0.1, 0.15) is 45.7 Å². The Balaban J connectivity index is 1.68. The van der Waals surface area contributed by atoms with Crippen molar-refractivity contribution in [1.29, 1.82) is 0 Å². The van der Waals surface area contributed by atoms with Gasteiger partial charge >= 0.3 is 6.09 Å². The number of likely N-dealkylation sites (tertiary alicyclic amines) is 1. The van der Waals surface area contributed by atoms with E-state index in [0.717, 1.165) is 12.8 Å². The highest BCUT2D eigenvalue weighted by Gasteiger charge is 2.27. The van der Waals surface area contributed by atoms with E-state index in [1.54, 1.807) is 11.1 Å². The van der Waals surface area contributed by atoms with Gasteiger partial charge in [-0.3, -0.25) is 4.79 Å². The average Bonchev–Trinajstić information content (AvgIpc) is 2.97. The van der Waals surface area contributed by atoms with Gasteiger partial charge in [-0.05, 0) is 39.5 Å². The zero-order valence-electron chi connectivity index (χ0n) is 14.0. The van der Waals surface area contributed by atoms with E-state index in [4.69, 9.17) is 4.74 Å². The molecule has 0 unspecified atom stereocenters. The van der Waals surface area contributed by atoms with Crippen molar-refractivity contribution >= 4 is 12.0 Å². The lowest BCUT2D eigenvalue weighted by molar-refractivity contribution is -0.122. The molecule has 2 rings (SSSR count). The Kier molecular flexibility index (Phi) is 5.57. The normalized spacial score (nSPS) is 16.2. The highest BCUT2D eigenvalue weighted by Crippen LogP contribution is 2.22. The van der Waals surface area contributed by atoms with E-state index in [9.17, 15) is 9.59 Å². The lowest BCUT2D eigenvalue weighted by Gasteiger charge is -2.33. The van der Waals surface area contributed by atoms with Gasteiger partial charge in [0.05, 0.1) is 12.7 Å². The Morgan fingerprint density at radius 1 is 1.39 bits per heavy atom. The Hall–Kier alpha value is -2.12. The number of hydrogen-bond donors (Lipinski definition) is 2. The van der Waals surface area contributed by atoms with Crippen LogP contribution in [0.2, 0.25) is 0 Å². The summed E-state index contributed by atoms with van der Waals surface area (Å²) in [6.45, 7) is 7.23. The molecule has 2 amide bonds.